The van der Waals surface area contributed by atoms with Gasteiger partial charge < -0.3 is 14.2 Å². The fraction of sp³-hybridized carbons (Fsp3) is 0.607. The molecule has 1 aliphatic carbocycles. The van der Waals surface area contributed by atoms with Crippen LogP contribution in [0.4, 0.5) is 0 Å². The number of fused-ring (bicyclic) bond motifs is 1. The Morgan fingerprint density at radius 3 is 2.49 bits per heavy atom. The van der Waals surface area contributed by atoms with Crippen molar-refractivity contribution in [1.82, 2.24) is 18.7 Å². The Morgan fingerprint density at radius 1 is 1.05 bits per heavy atom. The van der Waals surface area contributed by atoms with E-state index in [4.69, 9.17) is 4.74 Å². The minimum absolute atomic E-state index is 0.0600. The number of ether oxygens (including phenoxy) is 1. The smallest absolute Gasteiger partial charge is 0.244 e. The van der Waals surface area contributed by atoms with Crippen molar-refractivity contribution in [3.63, 3.8) is 0 Å². The van der Waals surface area contributed by atoms with Crippen LogP contribution in [0.1, 0.15) is 55.0 Å². The first-order valence-corrected chi connectivity index (χ1v) is 15.0. The van der Waals surface area contributed by atoms with Crippen LogP contribution in [0.2, 0.25) is 0 Å². The number of methoxy groups -OCH3 is 1. The van der Waals surface area contributed by atoms with Crippen LogP contribution in [0.5, 0.6) is 5.75 Å². The molecule has 8 nitrogen and oxygen atoms in total. The summed E-state index contributed by atoms with van der Waals surface area (Å²) in [7, 11) is -2.25. The van der Waals surface area contributed by atoms with Crippen molar-refractivity contribution in [3.8, 4) is 5.75 Å². The fourth-order valence-corrected chi connectivity index (χ4v) is 8.99. The van der Waals surface area contributed by atoms with Gasteiger partial charge >= 0.3 is 0 Å². The van der Waals surface area contributed by atoms with Gasteiger partial charge in [-0.15, -0.1) is 0 Å². The first-order chi connectivity index (χ1) is 17.7. The molecule has 1 spiro atoms. The highest BCUT2D eigenvalue weighted by molar-refractivity contribution is 7.89. The molecule has 9 heteroatoms. The van der Waals surface area contributed by atoms with Gasteiger partial charge in [-0.1, -0.05) is 0 Å². The molecule has 0 bridgehead atoms. The standard InChI is InChI=1S/C28H38N4O4S/c1-20-15-23(36-3)16-21(2)27(20)37(34,35)32-14-13-29-10-4-5-24(29)25(32)17-26(33)31-12-9-28(19-31)8-11-30(18-28)22-6-7-22/h4-5,10,15-16,22,25H,6-9,11-14,17-19H2,1-3H3. The molecule has 200 valence electrons. The Balaban J connectivity index is 1.25. The summed E-state index contributed by atoms with van der Waals surface area (Å²) < 4.78 is 37.3. The number of likely N-dealkylation sites (tertiary alicyclic amines) is 2. The Labute approximate surface area is 220 Å². The number of nitrogens with zero attached hydrogens (tertiary/aromatic N) is 4. The van der Waals surface area contributed by atoms with Crippen LogP contribution in [0.25, 0.3) is 0 Å². The zero-order valence-corrected chi connectivity index (χ0v) is 23.0. The SMILES string of the molecule is COc1cc(C)c(S(=O)(=O)N2CCn3cccc3C2CC(=O)N2CCC3(CCN(C4CC4)C3)C2)c(C)c1. The summed E-state index contributed by atoms with van der Waals surface area (Å²) in [6.45, 7) is 8.36. The van der Waals surface area contributed by atoms with Gasteiger partial charge in [-0.05, 0) is 81.5 Å². The second kappa shape index (κ2) is 9.13. The zero-order chi connectivity index (χ0) is 25.9. The third-order valence-electron chi connectivity index (χ3n) is 9.04. The Morgan fingerprint density at radius 2 is 1.78 bits per heavy atom. The molecule has 4 heterocycles. The highest BCUT2D eigenvalue weighted by Gasteiger charge is 2.48. The molecule has 1 aromatic carbocycles. The van der Waals surface area contributed by atoms with Gasteiger partial charge in [-0.3, -0.25) is 9.69 Å². The van der Waals surface area contributed by atoms with Crippen LogP contribution >= 0.6 is 0 Å². The molecule has 1 amide bonds. The van der Waals surface area contributed by atoms with Crippen LogP contribution in [-0.4, -0.2) is 78.9 Å². The van der Waals surface area contributed by atoms with Gasteiger partial charge in [-0.25, -0.2) is 8.42 Å². The van der Waals surface area contributed by atoms with E-state index in [1.165, 1.54) is 12.8 Å². The fourth-order valence-electron chi connectivity index (χ4n) is 6.99. The summed E-state index contributed by atoms with van der Waals surface area (Å²) in [5.74, 6) is 0.702. The zero-order valence-electron chi connectivity index (χ0n) is 22.1. The van der Waals surface area contributed by atoms with Gasteiger partial charge in [0.1, 0.15) is 5.75 Å². The topological polar surface area (TPSA) is 75.1 Å². The Hall–Kier alpha value is -2.36. The minimum Gasteiger partial charge on any atom is -0.497 e. The van der Waals surface area contributed by atoms with Gasteiger partial charge in [0, 0.05) is 62.5 Å². The number of hydrogen-bond donors (Lipinski definition) is 0. The molecule has 1 aromatic heterocycles. The number of hydrogen-bond acceptors (Lipinski definition) is 5. The lowest BCUT2D eigenvalue weighted by Crippen LogP contribution is -2.44. The van der Waals surface area contributed by atoms with Crippen LogP contribution in [0, 0.1) is 19.3 Å². The first-order valence-electron chi connectivity index (χ1n) is 13.5. The van der Waals surface area contributed by atoms with Crippen LogP contribution in [0.15, 0.2) is 35.4 Å². The average Bonchev–Trinajstić information content (AvgIpc) is 3.26. The monoisotopic (exact) mass is 526 g/mol. The number of benzene rings is 1. The number of sulfonamides is 1. The minimum atomic E-state index is -3.83. The number of carbonyl (C=O) groups excluding carboxylic acids is 1. The maximum Gasteiger partial charge on any atom is 0.244 e. The van der Waals surface area contributed by atoms with E-state index in [1.807, 2.05) is 37.1 Å². The van der Waals surface area contributed by atoms with E-state index in [9.17, 15) is 13.2 Å². The van der Waals surface area contributed by atoms with Crippen LogP contribution in [-0.2, 0) is 21.4 Å². The summed E-state index contributed by atoms with van der Waals surface area (Å²) in [6, 6.07) is 7.69. The molecule has 2 aromatic rings. The van der Waals surface area contributed by atoms with Crippen molar-refractivity contribution in [1.29, 1.82) is 0 Å². The van der Waals surface area contributed by atoms with E-state index in [0.29, 0.717) is 34.9 Å². The van der Waals surface area contributed by atoms with E-state index in [2.05, 4.69) is 9.47 Å². The maximum atomic E-state index is 14.1. The summed E-state index contributed by atoms with van der Waals surface area (Å²) in [4.78, 5) is 18.6. The normalized spacial score (nSPS) is 26.7. The Kier molecular flexibility index (Phi) is 6.16. The van der Waals surface area contributed by atoms with Gasteiger partial charge in [-0.2, -0.15) is 4.31 Å². The molecule has 2 unspecified atom stereocenters. The molecule has 4 aliphatic rings. The van der Waals surface area contributed by atoms with Crippen molar-refractivity contribution >= 4 is 15.9 Å². The summed E-state index contributed by atoms with van der Waals surface area (Å²) in [5.41, 5.74) is 2.42. The van der Waals surface area contributed by atoms with Crippen molar-refractivity contribution < 1.29 is 17.9 Å². The number of aryl methyl sites for hydroxylation is 2. The van der Waals surface area contributed by atoms with Crippen molar-refractivity contribution in [3.05, 3.63) is 47.3 Å². The van der Waals surface area contributed by atoms with E-state index < -0.39 is 16.1 Å². The molecule has 1 saturated carbocycles. The second-order valence-electron chi connectivity index (χ2n) is 11.6. The molecular weight excluding hydrogens is 488 g/mol. The van der Waals surface area contributed by atoms with E-state index >= 15 is 0 Å². The highest BCUT2D eigenvalue weighted by Crippen LogP contribution is 2.44. The molecule has 2 saturated heterocycles. The first kappa shape index (κ1) is 24.9. The summed E-state index contributed by atoms with van der Waals surface area (Å²) in [6.07, 6.45) is 7.00. The summed E-state index contributed by atoms with van der Waals surface area (Å²) >= 11 is 0. The number of carbonyl (C=O) groups is 1. The third-order valence-corrected chi connectivity index (χ3v) is 11.3. The van der Waals surface area contributed by atoms with E-state index in [1.54, 1.807) is 23.5 Å². The molecular formula is C28H38N4O4S. The van der Waals surface area contributed by atoms with Gasteiger partial charge in [0.2, 0.25) is 15.9 Å². The predicted molar refractivity (Wildman–Crippen MR) is 141 cm³/mol. The van der Waals surface area contributed by atoms with E-state index in [-0.39, 0.29) is 17.7 Å². The number of amides is 1. The second-order valence-corrected chi connectivity index (χ2v) is 13.4. The summed E-state index contributed by atoms with van der Waals surface area (Å²) in [5, 5.41) is 0. The van der Waals surface area contributed by atoms with Crippen molar-refractivity contribution in [2.45, 2.75) is 69.5 Å². The average molecular weight is 527 g/mol. The van der Waals surface area contributed by atoms with Gasteiger partial charge in [0.15, 0.2) is 0 Å². The molecule has 0 radical (unpaired) electrons. The van der Waals surface area contributed by atoms with Gasteiger partial charge in [0.25, 0.3) is 0 Å². The lowest BCUT2D eigenvalue weighted by Gasteiger charge is -2.37. The Bertz CT molecular complexity index is 1290. The van der Waals surface area contributed by atoms with E-state index in [0.717, 1.165) is 50.8 Å². The molecule has 6 rings (SSSR count). The van der Waals surface area contributed by atoms with Crippen molar-refractivity contribution in [2.24, 2.45) is 5.41 Å². The van der Waals surface area contributed by atoms with Crippen LogP contribution in [0.3, 0.4) is 0 Å². The largest absolute Gasteiger partial charge is 0.497 e. The molecule has 37 heavy (non-hydrogen) atoms. The third kappa shape index (κ3) is 4.38. The molecule has 3 fully saturated rings. The predicted octanol–water partition coefficient (Wildman–Crippen LogP) is 3.34. The lowest BCUT2D eigenvalue weighted by atomic mass is 9.86. The maximum absolute atomic E-state index is 14.1. The van der Waals surface area contributed by atoms with Crippen molar-refractivity contribution in [2.75, 3.05) is 39.8 Å². The quantitative estimate of drug-likeness (QED) is 0.577. The highest BCUT2D eigenvalue weighted by atomic mass is 32.2. The lowest BCUT2D eigenvalue weighted by molar-refractivity contribution is -0.131. The molecule has 3 aliphatic heterocycles. The number of aromatic nitrogens is 1. The number of rotatable bonds is 6. The van der Waals surface area contributed by atoms with Gasteiger partial charge in [0.05, 0.1) is 18.0 Å². The molecule has 0 N–H and O–H groups in total. The van der Waals surface area contributed by atoms with Crippen LogP contribution < -0.4 is 4.74 Å². The molecule has 2 atom stereocenters.